The van der Waals surface area contributed by atoms with Crippen LogP contribution in [-0.4, -0.2) is 5.78 Å². The molecule has 1 aromatic rings. The van der Waals surface area contributed by atoms with Crippen molar-refractivity contribution in [3.05, 3.63) is 44.9 Å². The molecule has 0 amide bonds. The van der Waals surface area contributed by atoms with Gasteiger partial charge in [-0.25, -0.2) is 0 Å². The van der Waals surface area contributed by atoms with Gasteiger partial charge in [0.2, 0.25) is 0 Å². The molecule has 1 aliphatic carbocycles. The molecule has 0 aliphatic heterocycles. The maximum atomic E-state index is 12.4. The number of hydrogen-bond donors (Lipinski definition) is 0. The number of benzene rings is 1. The van der Waals surface area contributed by atoms with Crippen LogP contribution in [0.4, 0.5) is 0 Å². The fourth-order valence-electron chi connectivity index (χ4n) is 2.22. The average Bonchev–Trinajstić information content (AvgIpc) is 2.31. The van der Waals surface area contributed by atoms with Crippen LogP contribution in [0.15, 0.2) is 34.3 Å². The van der Waals surface area contributed by atoms with E-state index in [4.69, 9.17) is 11.6 Å². The summed E-state index contributed by atoms with van der Waals surface area (Å²) in [5.74, 6) is 0.147. The highest BCUT2D eigenvalue weighted by molar-refractivity contribution is 9.10. The first-order chi connectivity index (χ1) is 8.68. The second kappa shape index (κ2) is 6.53. The SMILES string of the molecule is O=C(/C1=C/CCCCCC1)c1ccc(Cl)c(Br)c1. The van der Waals surface area contributed by atoms with E-state index in [1.807, 2.05) is 6.07 Å². The van der Waals surface area contributed by atoms with E-state index < -0.39 is 0 Å². The van der Waals surface area contributed by atoms with Gasteiger partial charge in [-0.3, -0.25) is 4.79 Å². The fourth-order valence-corrected chi connectivity index (χ4v) is 2.72. The summed E-state index contributed by atoms with van der Waals surface area (Å²) in [6.07, 6.45) is 8.87. The highest BCUT2D eigenvalue weighted by atomic mass is 79.9. The smallest absolute Gasteiger partial charge is 0.188 e. The Morgan fingerprint density at radius 2 is 1.94 bits per heavy atom. The topological polar surface area (TPSA) is 17.1 Å². The van der Waals surface area contributed by atoms with Crippen molar-refractivity contribution < 1.29 is 4.79 Å². The van der Waals surface area contributed by atoms with E-state index in [1.54, 1.807) is 12.1 Å². The summed E-state index contributed by atoms with van der Waals surface area (Å²) >= 11 is 9.31. The van der Waals surface area contributed by atoms with Crippen LogP contribution in [0.3, 0.4) is 0 Å². The molecule has 1 aromatic carbocycles. The normalized spacial score (nSPS) is 19.6. The van der Waals surface area contributed by atoms with E-state index in [0.717, 1.165) is 34.9 Å². The van der Waals surface area contributed by atoms with Gasteiger partial charge in [0.1, 0.15) is 0 Å². The second-order valence-corrected chi connectivity index (χ2v) is 5.90. The van der Waals surface area contributed by atoms with Gasteiger partial charge < -0.3 is 0 Å². The van der Waals surface area contributed by atoms with Crippen molar-refractivity contribution >= 4 is 33.3 Å². The molecular formula is C15H16BrClO. The molecule has 0 fully saturated rings. The van der Waals surface area contributed by atoms with Gasteiger partial charge in [-0.1, -0.05) is 30.5 Å². The standard InChI is InChI=1S/C15H16BrClO/c16-13-10-12(8-9-14(13)17)15(18)11-6-4-2-1-3-5-7-11/h6,8-10H,1-5,7H2/b11-6+. The largest absolute Gasteiger partial charge is 0.289 e. The Balaban J connectivity index is 2.21. The minimum absolute atomic E-state index is 0.147. The highest BCUT2D eigenvalue weighted by Crippen LogP contribution is 2.26. The summed E-state index contributed by atoms with van der Waals surface area (Å²) in [6, 6.07) is 5.38. The lowest BCUT2D eigenvalue weighted by Gasteiger charge is -2.11. The number of halogens is 2. The number of allylic oxidation sites excluding steroid dienone is 2. The third-order valence-corrected chi connectivity index (χ3v) is 4.48. The van der Waals surface area contributed by atoms with E-state index in [9.17, 15) is 4.79 Å². The summed E-state index contributed by atoms with van der Waals surface area (Å²) < 4.78 is 0.779. The Hall–Kier alpha value is -0.600. The number of carbonyl (C=O) groups excluding carboxylic acids is 1. The number of carbonyl (C=O) groups is 1. The first-order valence-corrected chi connectivity index (χ1v) is 7.54. The van der Waals surface area contributed by atoms with Gasteiger partial charge in [0, 0.05) is 10.0 Å². The van der Waals surface area contributed by atoms with Gasteiger partial charge in [-0.15, -0.1) is 0 Å². The predicted octanol–water partition coefficient (Wildman–Crippen LogP) is 5.57. The molecule has 2 rings (SSSR count). The van der Waals surface area contributed by atoms with Crippen LogP contribution < -0.4 is 0 Å². The van der Waals surface area contributed by atoms with Crippen molar-refractivity contribution in [1.82, 2.24) is 0 Å². The van der Waals surface area contributed by atoms with E-state index in [-0.39, 0.29) is 5.78 Å². The first-order valence-electron chi connectivity index (χ1n) is 6.37. The number of Topliss-reactive ketones (excluding diaryl/α,β-unsaturated/α-hetero) is 1. The van der Waals surface area contributed by atoms with E-state index in [0.29, 0.717) is 5.02 Å². The van der Waals surface area contributed by atoms with Crippen molar-refractivity contribution in [2.75, 3.05) is 0 Å². The monoisotopic (exact) mass is 326 g/mol. The molecule has 0 bridgehead atoms. The molecule has 0 atom stereocenters. The summed E-state index contributed by atoms with van der Waals surface area (Å²) in [4.78, 5) is 12.4. The molecule has 0 saturated heterocycles. The van der Waals surface area contributed by atoms with Crippen LogP contribution >= 0.6 is 27.5 Å². The zero-order chi connectivity index (χ0) is 13.0. The minimum Gasteiger partial charge on any atom is -0.289 e. The Kier molecular flexibility index (Phi) is 5.02. The van der Waals surface area contributed by atoms with Gasteiger partial charge in [-0.2, -0.15) is 0 Å². The first kappa shape index (κ1) is 13.8. The molecular weight excluding hydrogens is 312 g/mol. The third kappa shape index (κ3) is 3.46. The zero-order valence-electron chi connectivity index (χ0n) is 10.2. The van der Waals surface area contributed by atoms with Gasteiger partial charge in [0.25, 0.3) is 0 Å². The predicted molar refractivity (Wildman–Crippen MR) is 79.3 cm³/mol. The summed E-state index contributed by atoms with van der Waals surface area (Å²) in [5.41, 5.74) is 1.68. The highest BCUT2D eigenvalue weighted by Gasteiger charge is 2.14. The van der Waals surface area contributed by atoms with Crippen molar-refractivity contribution in [3.63, 3.8) is 0 Å². The molecule has 1 nitrogen and oxygen atoms in total. The molecule has 0 unspecified atom stereocenters. The minimum atomic E-state index is 0.147. The van der Waals surface area contributed by atoms with Gasteiger partial charge in [0.05, 0.1) is 5.02 Å². The van der Waals surface area contributed by atoms with E-state index >= 15 is 0 Å². The lowest BCUT2D eigenvalue weighted by molar-refractivity contribution is 0.102. The lowest BCUT2D eigenvalue weighted by Crippen LogP contribution is -2.05. The second-order valence-electron chi connectivity index (χ2n) is 4.64. The van der Waals surface area contributed by atoms with Gasteiger partial charge in [-0.05, 0) is 65.4 Å². The molecule has 3 heteroatoms. The van der Waals surface area contributed by atoms with Crippen molar-refractivity contribution in [3.8, 4) is 0 Å². The summed E-state index contributed by atoms with van der Waals surface area (Å²) in [6.45, 7) is 0. The molecule has 0 spiro atoms. The molecule has 0 heterocycles. The van der Waals surface area contributed by atoms with E-state index in [1.165, 1.54) is 19.3 Å². The zero-order valence-corrected chi connectivity index (χ0v) is 12.6. The molecule has 0 saturated carbocycles. The Morgan fingerprint density at radius 1 is 1.17 bits per heavy atom. The molecule has 96 valence electrons. The van der Waals surface area contributed by atoms with Crippen LogP contribution in [0, 0.1) is 0 Å². The quantitative estimate of drug-likeness (QED) is 0.649. The van der Waals surface area contributed by atoms with Crippen molar-refractivity contribution in [1.29, 1.82) is 0 Å². The average molecular weight is 328 g/mol. The summed E-state index contributed by atoms with van der Waals surface area (Å²) in [7, 11) is 0. The molecule has 0 N–H and O–H groups in total. The van der Waals surface area contributed by atoms with Crippen LogP contribution in [0.5, 0.6) is 0 Å². The molecule has 18 heavy (non-hydrogen) atoms. The van der Waals surface area contributed by atoms with Crippen molar-refractivity contribution in [2.24, 2.45) is 0 Å². The number of ketones is 1. The fraction of sp³-hybridized carbons (Fsp3) is 0.400. The van der Waals surface area contributed by atoms with Gasteiger partial charge >= 0.3 is 0 Å². The maximum Gasteiger partial charge on any atom is 0.188 e. The van der Waals surface area contributed by atoms with Gasteiger partial charge in [0.15, 0.2) is 5.78 Å². The Labute approximate surface area is 121 Å². The molecule has 1 aliphatic rings. The molecule has 0 aromatic heterocycles. The van der Waals surface area contributed by atoms with Crippen molar-refractivity contribution in [2.45, 2.75) is 38.5 Å². The van der Waals surface area contributed by atoms with Crippen LogP contribution in [0.2, 0.25) is 5.02 Å². The Morgan fingerprint density at radius 3 is 2.72 bits per heavy atom. The number of rotatable bonds is 2. The lowest BCUT2D eigenvalue weighted by atomic mass is 9.94. The number of hydrogen-bond acceptors (Lipinski definition) is 1. The third-order valence-electron chi connectivity index (χ3n) is 3.26. The molecule has 0 radical (unpaired) electrons. The van der Waals surface area contributed by atoms with Crippen LogP contribution in [0.1, 0.15) is 48.9 Å². The maximum absolute atomic E-state index is 12.4. The Bertz CT molecular complexity index is 479. The van der Waals surface area contributed by atoms with Crippen LogP contribution in [-0.2, 0) is 0 Å². The van der Waals surface area contributed by atoms with E-state index in [2.05, 4.69) is 22.0 Å². The summed E-state index contributed by atoms with van der Waals surface area (Å²) in [5, 5.41) is 0.637. The van der Waals surface area contributed by atoms with Crippen LogP contribution in [0.25, 0.3) is 0 Å².